The van der Waals surface area contributed by atoms with E-state index >= 15 is 0 Å². The topological polar surface area (TPSA) is 88.5 Å². The van der Waals surface area contributed by atoms with Gasteiger partial charge in [-0.15, -0.1) is 0 Å². The number of rotatable bonds is 6. The van der Waals surface area contributed by atoms with E-state index in [-0.39, 0.29) is 40.0 Å². The van der Waals surface area contributed by atoms with Crippen LogP contribution >= 0.6 is 11.6 Å². The summed E-state index contributed by atoms with van der Waals surface area (Å²) in [6.45, 7) is 0. The highest BCUT2D eigenvalue weighted by Gasteiger charge is 2.30. The van der Waals surface area contributed by atoms with Gasteiger partial charge in [0.15, 0.2) is 9.84 Å². The molecule has 0 aliphatic carbocycles. The number of benzene rings is 2. The number of alkyl halides is 3. The number of aromatic nitrogens is 1. The van der Waals surface area contributed by atoms with Crippen LogP contribution in [0.15, 0.2) is 65.7 Å². The first-order valence-electron chi connectivity index (χ1n) is 9.93. The van der Waals surface area contributed by atoms with Crippen molar-refractivity contribution < 1.29 is 30.8 Å². The SMILES string of the molecule is CS(=O)(=O)Cc1cccc(CC(=Nc2cc(F)cc(Cl)c2)NC(=O)c2ccc(C(F)(F)F)cc2)n1. The fourth-order valence-electron chi connectivity index (χ4n) is 3.03. The summed E-state index contributed by atoms with van der Waals surface area (Å²) in [5.41, 5.74) is -0.289. The lowest BCUT2D eigenvalue weighted by Gasteiger charge is -2.11. The van der Waals surface area contributed by atoms with Crippen molar-refractivity contribution in [2.75, 3.05) is 6.26 Å². The molecule has 0 saturated carbocycles. The van der Waals surface area contributed by atoms with E-state index in [9.17, 15) is 30.8 Å². The zero-order chi connectivity index (χ0) is 25.8. The Bertz CT molecular complexity index is 1360. The summed E-state index contributed by atoms with van der Waals surface area (Å²) in [6, 6.07) is 11.7. The number of carbonyl (C=O) groups excluding carboxylic acids is 1. The van der Waals surface area contributed by atoms with Gasteiger partial charge >= 0.3 is 6.18 Å². The van der Waals surface area contributed by atoms with Crippen LogP contribution in [-0.2, 0) is 28.2 Å². The molecule has 0 aliphatic rings. The molecule has 12 heteroatoms. The average Bonchev–Trinajstić information content (AvgIpc) is 2.71. The first kappa shape index (κ1) is 26.3. The molecule has 0 bridgehead atoms. The first-order valence-corrected chi connectivity index (χ1v) is 12.4. The van der Waals surface area contributed by atoms with Crippen molar-refractivity contribution in [3.05, 3.63) is 94.0 Å². The minimum atomic E-state index is -4.55. The van der Waals surface area contributed by atoms with Gasteiger partial charge in [0.2, 0.25) is 0 Å². The van der Waals surface area contributed by atoms with Crippen LogP contribution in [0.5, 0.6) is 0 Å². The number of amidine groups is 1. The van der Waals surface area contributed by atoms with Gasteiger partial charge in [-0.3, -0.25) is 9.78 Å². The molecule has 2 aromatic carbocycles. The fraction of sp³-hybridized carbons (Fsp3) is 0.174. The fourth-order valence-corrected chi connectivity index (χ4v) is 3.95. The number of amides is 1. The molecule has 0 fully saturated rings. The second-order valence-electron chi connectivity index (χ2n) is 7.58. The molecule has 35 heavy (non-hydrogen) atoms. The lowest BCUT2D eigenvalue weighted by molar-refractivity contribution is -0.137. The summed E-state index contributed by atoms with van der Waals surface area (Å²) >= 11 is 5.87. The van der Waals surface area contributed by atoms with Crippen molar-refractivity contribution in [3.63, 3.8) is 0 Å². The summed E-state index contributed by atoms with van der Waals surface area (Å²) in [5, 5.41) is 2.56. The summed E-state index contributed by atoms with van der Waals surface area (Å²) in [5.74, 6) is -1.74. The Morgan fingerprint density at radius 2 is 1.71 bits per heavy atom. The molecule has 0 unspecified atom stereocenters. The van der Waals surface area contributed by atoms with Gasteiger partial charge in [-0.2, -0.15) is 13.2 Å². The number of aliphatic imine (C=N–C) groups is 1. The van der Waals surface area contributed by atoms with Gasteiger partial charge in [0.1, 0.15) is 11.7 Å². The maximum Gasteiger partial charge on any atom is 0.416 e. The maximum absolute atomic E-state index is 13.8. The molecule has 0 radical (unpaired) electrons. The highest BCUT2D eigenvalue weighted by molar-refractivity contribution is 7.89. The summed E-state index contributed by atoms with van der Waals surface area (Å²) in [4.78, 5) is 21.2. The summed E-state index contributed by atoms with van der Waals surface area (Å²) in [6.07, 6.45) is -3.59. The number of nitrogens with zero attached hydrogens (tertiary/aromatic N) is 2. The molecule has 184 valence electrons. The molecule has 3 rings (SSSR count). The van der Waals surface area contributed by atoms with E-state index < -0.39 is 33.3 Å². The Kier molecular flexibility index (Phi) is 7.91. The predicted molar refractivity (Wildman–Crippen MR) is 124 cm³/mol. The lowest BCUT2D eigenvalue weighted by atomic mass is 10.1. The highest BCUT2D eigenvalue weighted by Crippen LogP contribution is 2.29. The molecule has 3 aromatic rings. The summed E-state index contributed by atoms with van der Waals surface area (Å²) < 4.78 is 75.4. The van der Waals surface area contributed by atoms with Gasteiger partial charge in [-0.1, -0.05) is 17.7 Å². The highest BCUT2D eigenvalue weighted by atomic mass is 35.5. The lowest BCUT2D eigenvalue weighted by Crippen LogP contribution is -2.32. The van der Waals surface area contributed by atoms with Crippen molar-refractivity contribution in [2.45, 2.75) is 18.3 Å². The van der Waals surface area contributed by atoms with Crippen LogP contribution in [0.25, 0.3) is 0 Å². The van der Waals surface area contributed by atoms with Gasteiger partial charge < -0.3 is 5.32 Å². The first-order chi connectivity index (χ1) is 16.3. The van der Waals surface area contributed by atoms with Crippen molar-refractivity contribution in [1.82, 2.24) is 10.3 Å². The molecule has 1 amide bonds. The second kappa shape index (κ2) is 10.5. The third-order valence-corrected chi connectivity index (χ3v) is 5.51. The quantitative estimate of drug-likeness (QED) is 0.273. The number of hydrogen-bond acceptors (Lipinski definition) is 5. The monoisotopic (exact) mass is 527 g/mol. The maximum atomic E-state index is 13.8. The van der Waals surface area contributed by atoms with E-state index in [0.29, 0.717) is 5.69 Å². The normalized spacial score (nSPS) is 12.5. The smallest absolute Gasteiger partial charge is 0.310 e. The van der Waals surface area contributed by atoms with Gasteiger partial charge in [-0.25, -0.2) is 17.8 Å². The molecule has 0 aliphatic heterocycles. The molecule has 6 nitrogen and oxygen atoms in total. The van der Waals surface area contributed by atoms with Crippen molar-refractivity contribution in [2.24, 2.45) is 4.99 Å². The van der Waals surface area contributed by atoms with Crippen LogP contribution in [-0.4, -0.2) is 31.4 Å². The number of pyridine rings is 1. The molecular weight excluding hydrogens is 510 g/mol. The van der Waals surface area contributed by atoms with Crippen molar-refractivity contribution in [3.8, 4) is 0 Å². The number of halogens is 5. The Labute approximate surface area is 203 Å². The van der Waals surface area contributed by atoms with Crippen molar-refractivity contribution >= 4 is 38.9 Å². The second-order valence-corrected chi connectivity index (χ2v) is 10.2. The van der Waals surface area contributed by atoms with E-state index in [1.165, 1.54) is 12.1 Å². The number of sulfone groups is 1. The Morgan fingerprint density at radius 3 is 2.31 bits per heavy atom. The van der Waals surface area contributed by atoms with Gasteiger partial charge in [0.05, 0.1) is 22.7 Å². The zero-order valence-corrected chi connectivity index (χ0v) is 19.7. The van der Waals surface area contributed by atoms with Crippen LogP contribution < -0.4 is 5.32 Å². The van der Waals surface area contributed by atoms with Crippen molar-refractivity contribution in [1.29, 1.82) is 0 Å². The third kappa shape index (κ3) is 8.15. The van der Waals surface area contributed by atoms with Crippen LogP contribution in [0.4, 0.5) is 23.2 Å². The molecule has 0 saturated heterocycles. The van der Waals surface area contributed by atoms with Gasteiger partial charge in [0.25, 0.3) is 5.91 Å². The number of hydrogen-bond donors (Lipinski definition) is 1. The Hall–Kier alpha value is -3.31. The van der Waals surface area contributed by atoms with Crippen LogP contribution in [0.3, 0.4) is 0 Å². The minimum Gasteiger partial charge on any atom is -0.310 e. The van der Waals surface area contributed by atoms with Crippen LogP contribution in [0.1, 0.15) is 27.3 Å². The molecule has 1 N–H and O–H groups in total. The Morgan fingerprint density at radius 1 is 1.06 bits per heavy atom. The zero-order valence-electron chi connectivity index (χ0n) is 18.1. The van der Waals surface area contributed by atoms with E-state index in [0.717, 1.165) is 42.7 Å². The largest absolute Gasteiger partial charge is 0.416 e. The minimum absolute atomic E-state index is 0.0134. The predicted octanol–water partition coefficient (Wildman–Crippen LogP) is 5.14. The number of nitrogens with one attached hydrogen (secondary N) is 1. The van der Waals surface area contributed by atoms with Gasteiger partial charge in [0, 0.05) is 29.0 Å². The van der Waals surface area contributed by atoms with Gasteiger partial charge in [-0.05, 0) is 54.6 Å². The molecular formula is C23H18ClF4N3O3S. The number of carbonyl (C=O) groups is 1. The molecule has 0 atom stereocenters. The summed E-state index contributed by atoms with van der Waals surface area (Å²) in [7, 11) is -3.35. The van der Waals surface area contributed by atoms with E-state index in [4.69, 9.17) is 11.6 Å². The standard InChI is InChI=1S/C23H18ClF4N3O3S/c1-35(33,34)13-19-4-2-3-18(29-19)12-21(30-20-10-16(24)9-17(25)11-20)31-22(32)14-5-7-15(8-6-14)23(26,27)28/h2-11H,12-13H2,1H3,(H,30,31,32). The van der Waals surface area contributed by atoms with E-state index in [1.807, 2.05) is 0 Å². The van der Waals surface area contributed by atoms with E-state index in [2.05, 4.69) is 15.3 Å². The average molecular weight is 528 g/mol. The van der Waals surface area contributed by atoms with Crippen LogP contribution in [0.2, 0.25) is 5.02 Å². The Balaban J connectivity index is 1.92. The molecule has 1 aromatic heterocycles. The van der Waals surface area contributed by atoms with Crippen LogP contribution in [0, 0.1) is 5.82 Å². The molecule has 0 spiro atoms. The third-order valence-electron chi connectivity index (χ3n) is 4.47. The molecule has 1 heterocycles. The van der Waals surface area contributed by atoms with E-state index in [1.54, 1.807) is 12.1 Å².